The molecule has 0 aliphatic carbocycles. The number of fused-ring (bicyclic) bond motifs is 1. The average Bonchev–Trinajstić information content (AvgIpc) is 2.40. The van der Waals surface area contributed by atoms with E-state index in [2.05, 4.69) is 33.5 Å². The van der Waals surface area contributed by atoms with Gasteiger partial charge in [0.2, 0.25) is 0 Å². The van der Waals surface area contributed by atoms with Crippen molar-refractivity contribution in [2.75, 3.05) is 18.0 Å². The van der Waals surface area contributed by atoms with E-state index >= 15 is 0 Å². The maximum Gasteiger partial charge on any atom is 0.0810 e. The van der Waals surface area contributed by atoms with E-state index in [0.29, 0.717) is 0 Å². The van der Waals surface area contributed by atoms with E-state index in [1.165, 1.54) is 0 Å². The van der Waals surface area contributed by atoms with Gasteiger partial charge in [-0.25, -0.2) is 0 Å². The Hall–Kier alpha value is -0.800. The van der Waals surface area contributed by atoms with Crippen LogP contribution in [0.25, 0.3) is 0 Å². The highest BCUT2D eigenvalue weighted by molar-refractivity contribution is 9.11. The predicted octanol–water partition coefficient (Wildman–Crippen LogP) is 3.23. The number of halogens is 1. The molecule has 0 bridgehead atoms. The zero-order chi connectivity index (χ0) is 11.5. The lowest BCUT2D eigenvalue weighted by atomic mass is 10.0. The van der Waals surface area contributed by atoms with Gasteiger partial charge < -0.3 is 10.0 Å². The maximum atomic E-state index is 10.0. The van der Waals surface area contributed by atoms with Crippen LogP contribution < -0.4 is 4.90 Å². The zero-order valence-electron chi connectivity index (χ0n) is 9.19. The van der Waals surface area contributed by atoms with Crippen LogP contribution in [0, 0.1) is 0 Å². The Morgan fingerprint density at radius 1 is 1.50 bits per heavy atom. The monoisotopic (exact) mass is 281 g/mol. The number of para-hydroxylation sites is 1. The lowest BCUT2D eigenvalue weighted by Crippen LogP contribution is -2.25. The van der Waals surface area contributed by atoms with Gasteiger partial charge >= 0.3 is 0 Å². The molecule has 0 spiro atoms. The smallest absolute Gasteiger partial charge is 0.0810 e. The first-order valence-electron chi connectivity index (χ1n) is 5.53. The lowest BCUT2D eigenvalue weighted by Gasteiger charge is -2.24. The summed E-state index contributed by atoms with van der Waals surface area (Å²) >= 11 is 3.40. The molecule has 1 aliphatic rings. The van der Waals surface area contributed by atoms with Crippen LogP contribution in [0.3, 0.4) is 0 Å². The first-order chi connectivity index (χ1) is 7.68. The van der Waals surface area contributed by atoms with E-state index in [1.54, 1.807) is 0 Å². The number of nitrogens with zero attached hydrogens (tertiary/aromatic N) is 1. The molecule has 1 aromatic carbocycles. The molecule has 0 fully saturated rings. The highest BCUT2D eigenvalue weighted by Gasteiger charge is 2.20. The first-order valence-corrected chi connectivity index (χ1v) is 6.33. The largest absolute Gasteiger partial charge is 0.388 e. The van der Waals surface area contributed by atoms with Crippen molar-refractivity contribution in [2.24, 2.45) is 0 Å². The Labute approximate surface area is 105 Å². The summed E-state index contributed by atoms with van der Waals surface area (Å²) in [5.41, 5.74) is 2.17. The molecule has 86 valence electrons. The number of aliphatic hydroxyl groups is 1. The summed E-state index contributed by atoms with van der Waals surface area (Å²) in [6, 6.07) is 8.07. The van der Waals surface area contributed by atoms with Gasteiger partial charge in [-0.15, -0.1) is 0 Å². The van der Waals surface area contributed by atoms with Crippen molar-refractivity contribution in [2.45, 2.75) is 18.9 Å². The van der Waals surface area contributed by atoms with Gasteiger partial charge in [0.1, 0.15) is 0 Å². The average molecular weight is 282 g/mol. The molecular weight excluding hydrogens is 266 g/mol. The van der Waals surface area contributed by atoms with E-state index < -0.39 is 0 Å². The van der Waals surface area contributed by atoms with Crippen molar-refractivity contribution in [3.05, 3.63) is 40.9 Å². The summed E-state index contributed by atoms with van der Waals surface area (Å²) < 4.78 is 0.971. The van der Waals surface area contributed by atoms with E-state index in [9.17, 15) is 5.11 Å². The van der Waals surface area contributed by atoms with Crippen molar-refractivity contribution < 1.29 is 5.11 Å². The van der Waals surface area contributed by atoms with Crippen LogP contribution in [0.15, 0.2) is 35.3 Å². The van der Waals surface area contributed by atoms with Crippen molar-refractivity contribution in [3.8, 4) is 0 Å². The van der Waals surface area contributed by atoms with Gasteiger partial charge in [0, 0.05) is 28.8 Å². The molecule has 3 heteroatoms. The summed E-state index contributed by atoms with van der Waals surface area (Å²) in [4.78, 5) is 2.27. The normalized spacial score (nSPS) is 20.1. The quantitative estimate of drug-likeness (QED) is 0.900. The van der Waals surface area contributed by atoms with Crippen LogP contribution in [0.1, 0.15) is 24.5 Å². The lowest BCUT2D eigenvalue weighted by molar-refractivity contribution is 0.168. The third-order valence-electron chi connectivity index (χ3n) is 2.90. The second-order valence-corrected chi connectivity index (χ2v) is 5.28. The number of benzene rings is 1. The van der Waals surface area contributed by atoms with Crippen LogP contribution in [0.4, 0.5) is 5.69 Å². The number of hydrogen-bond acceptors (Lipinski definition) is 2. The Morgan fingerprint density at radius 3 is 3.00 bits per heavy atom. The second-order valence-electron chi connectivity index (χ2n) is 4.16. The molecule has 2 nitrogen and oxygen atoms in total. The zero-order valence-corrected chi connectivity index (χ0v) is 10.8. The molecule has 2 rings (SSSR count). The van der Waals surface area contributed by atoms with E-state index in [0.717, 1.165) is 41.7 Å². The summed E-state index contributed by atoms with van der Waals surface area (Å²) in [5.74, 6) is 0. The number of anilines is 1. The SMILES string of the molecule is C=C(Br)CN1CCCC(O)c2ccccc21. The van der Waals surface area contributed by atoms with Crippen LogP contribution in [-0.4, -0.2) is 18.2 Å². The molecule has 1 heterocycles. The molecule has 1 unspecified atom stereocenters. The highest BCUT2D eigenvalue weighted by Crippen LogP contribution is 2.33. The van der Waals surface area contributed by atoms with Gasteiger partial charge in [-0.3, -0.25) is 0 Å². The van der Waals surface area contributed by atoms with E-state index in [4.69, 9.17) is 0 Å². The third kappa shape index (κ3) is 2.47. The van der Waals surface area contributed by atoms with Crippen molar-refractivity contribution >= 4 is 21.6 Å². The summed E-state index contributed by atoms with van der Waals surface area (Å²) in [5, 5.41) is 10.0. The van der Waals surface area contributed by atoms with Crippen LogP contribution in [-0.2, 0) is 0 Å². The molecule has 1 N–H and O–H groups in total. The van der Waals surface area contributed by atoms with Crippen molar-refractivity contribution in [3.63, 3.8) is 0 Å². The molecule has 1 aromatic rings. The molecule has 0 saturated carbocycles. The Morgan fingerprint density at radius 2 is 2.25 bits per heavy atom. The van der Waals surface area contributed by atoms with E-state index in [-0.39, 0.29) is 6.10 Å². The number of rotatable bonds is 2. The summed E-state index contributed by atoms with van der Waals surface area (Å²) in [6.45, 7) is 5.65. The topological polar surface area (TPSA) is 23.5 Å². The predicted molar refractivity (Wildman–Crippen MR) is 70.9 cm³/mol. The molecule has 0 radical (unpaired) electrons. The van der Waals surface area contributed by atoms with Gasteiger partial charge in [0.25, 0.3) is 0 Å². The Balaban J connectivity index is 2.34. The molecule has 0 saturated heterocycles. The van der Waals surface area contributed by atoms with Gasteiger partial charge in [-0.2, -0.15) is 0 Å². The van der Waals surface area contributed by atoms with Gasteiger partial charge in [-0.05, 0) is 18.9 Å². The van der Waals surface area contributed by atoms with Crippen LogP contribution in [0.2, 0.25) is 0 Å². The minimum atomic E-state index is -0.329. The molecular formula is C13H16BrNO. The fraction of sp³-hybridized carbons (Fsp3) is 0.385. The molecule has 1 aliphatic heterocycles. The molecule has 0 amide bonds. The van der Waals surface area contributed by atoms with Crippen LogP contribution >= 0.6 is 15.9 Å². The fourth-order valence-electron chi connectivity index (χ4n) is 2.18. The van der Waals surface area contributed by atoms with Crippen molar-refractivity contribution in [1.29, 1.82) is 0 Å². The minimum Gasteiger partial charge on any atom is -0.388 e. The fourth-order valence-corrected chi connectivity index (χ4v) is 2.48. The van der Waals surface area contributed by atoms with Gasteiger partial charge in [0.05, 0.1) is 6.10 Å². The van der Waals surface area contributed by atoms with Gasteiger partial charge in [-0.1, -0.05) is 40.7 Å². The summed E-state index contributed by atoms with van der Waals surface area (Å²) in [7, 11) is 0. The van der Waals surface area contributed by atoms with Gasteiger partial charge in [0.15, 0.2) is 0 Å². The maximum absolute atomic E-state index is 10.0. The standard InChI is InChI=1S/C13H16BrNO/c1-10(14)9-15-8-4-7-13(16)11-5-2-3-6-12(11)15/h2-3,5-6,13,16H,1,4,7-9H2. The highest BCUT2D eigenvalue weighted by atomic mass is 79.9. The molecule has 0 aromatic heterocycles. The van der Waals surface area contributed by atoms with E-state index in [1.807, 2.05) is 18.2 Å². The van der Waals surface area contributed by atoms with Crippen LogP contribution in [0.5, 0.6) is 0 Å². The third-order valence-corrected chi connectivity index (χ3v) is 3.16. The van der Waals surface area contributed by atoms with Crippen molar-refractivity contribution in [1.82, 2.24) is 0 Å². The number of hydrogen-bond donors (Lipinski definition) is 1. The number of aliphatic hydroxyl groups excluding tert-OH is 1. The molecule has 16 heavy (non-hydrogen) atoms. The minimum absolute atomic E-state index is 0.329. The molecule has 1 atom stereocenters. The second kappa shape index (κ2) is 5.02. The summed E-state index contributed by atoms with van der Waals surface area (Å²) in [6.07, 6.45) is 1.52. The first kappa shape index (κ1) is 11.7. The Kier molecular flexibility index (Phi) is 3.66. The Bertz CT molecular complexity index is 391.